The lowest BCUT2D eigenvalue weighted by Crippen LogP contribution is -2.40. The molecule has 0 atom stereocenters. The molecule has 0 heterocycles. The van der Waals surface area contributed by atoms with Gasteiger partial charge in [0.1, 0.15) is 0 Å². The monoisotopic (exact) mass is 260 g/mol. The molecule has 2 heteroatoms. The number of aryl methyl sites for hydroxylation is 1. The van der Waals surface area contributed by atoms with Crippen LogP contribution in [0.3, 0.4) is 0 Å². The van der Waals surface area contributed by atoms with Crippen molar-refractivity contribution >= 4 is 11.4 Å². The lowest BCUT2D eigenvalue weighted by molar-refractivity contribution is 0.105. The summed E-state index contributed by atoms with van der Waals surface area (Å²) in [6.45, 7) is 11.6. The minimum atomic E-state index is 0.402. The van der Waals surface area contributed by atoms with Crippen molar-refractivity contribution in [1.29, 1.82) is 0 Å². The number of anilines is 2. The van der Waals surface area contributed by atoms with E-state index in [1.807, 2.05) is 6.07 Å². The van der Waals surface area contributed by atoms with E-state index < -0.39 is 0 Å². The third-order valence-electron chi connectivity index (χ3n) is 4.12. The van der Waals surface area contributed by atoms with Crippen LogP contribution in [0.1, 0.15) is 52.5 Å². The van der Waals surface area contributed by atoms with Gasteiger partial charge in [-0.05, 0) is 54.7 Å². The summed E-state index contributed by atoms with van der Waals surface area (Å²) in [5.74, 6) is 0. The molecular weight excluding hydrogens is 232 g/mol. The maximum absolute atomic E-state index is 6.11. The first-order valence-corrected chi connectivity index (χ1v) is 7.30. The Labute approximate surface area is 117 Å². The van der Waals surface area contributed by atoms with Gasteiger partial charge < -0.3 is 11.1 Å². The van der Waals surface area contributed by atoms with E-state index in [1.165, 1.54) is 24.8 Å². The molecule has 0 aliphatic heterocycles. The van der Waals surface area contributed by atoms with Crippen molar-refractivity contribution in [3.8, 4) is 0 Å². The number of nitrogens with two attached hydrogens (primary N) is 1. The van der Waals surface area contributed by atoms with E-state index in [4.69, 9.17) is 5.73 Å². The zero-order valence-corrected chi connectivity index (χ0v) is 13.0. The SMILES string of the molecule is Cc1ccc(NC2CC(C)(C)CC(C)(C)C2)c(N)c1. The predicted molar refractivity (Wildman–Crippen MR) is 84.4 cm³/mol. The topological polar surface area (TPSA) is 38.0 Å². The van der Waals surface area contributed by atoms with E-state index in [1.54, 1.807) is 0 Å². The molecule has 1 aromatic carbocycles. The fourth-order valence-electron chi connectivity index (χ4n) is 3.98. The summed E-state index contributed by atoms with van der Waals surface area (Å²) in [4.78, 5) is 0. The van der Waals surface area contributed by atoms with Crippen molar-refractivity contribution < 1.29 is 0 Å². The van der Waals surface area contributed by atoms with Crippen LogP contribution < -0.4 is 11.1 Å². The fourth-order valence-corrected chi connectivity index (χ4v) is 3.98. The molecule has 1 aliphatic rings. The average molecular weight is 260 g/mol. The van der Waals surface area contributed by atoms with Gasteiger partial charge in [0.25, 0.3) is 0 Å². The highest BCUT2D eigenvalue weighted by atomic mass is 14.9. The van der Waals surface area contributed by atoms with Crippen molar-refractivity contribution in [2.45, 2.75) is 59.9 Å². The van der Waals surface area contributed by atoms with Gasteiger partial charge in [-0.1, -0.05) is 33.8 Å². The van der Waals surface area contributed by atoms with Crippen molar-refractivity contribution in [3.63, 3.8) is 0 Å². The first kappa shape index (κ1) is 14.2. The smallest absolute Gasteiger partial charge is 0.0576 e. The van der Waals surface area contributed by atoms with Crippen molar-refractivity contribution in [1.82, 2.24) is 0 Å². The zero-order chi connectivity index (χ0) is 14.3. The first-order valence-electron chi connectivity index (χ1n) is 7.30. The number of nitrogens with one attached hydrogen (secondary N) is 1. The Morgan fingerprint density at radius 2 is 1.68 bits per heavy atom. The summed E-state index contributed by atoms with van der Waals surface area (Å²) in [6, 6.07) is 6.79. The second-order valence-corrected chi connectivity index (χ2v) is 7.85. The van der Waals surface area contributed by atoms with Crippen molar-refractivity contribution in [2.24, 2.45) is 10.8 Å². The predicted octanol–water partition coefficient (Wildman–Crippen LogP) is 4.59. The number of rotatable bonds is 2. The van der Waals surface area contributed by atoms with Crippen LogP contribution in [0.25, 0.3) is 0 Å². The lowest BCUT2D eigenvalue weighted by Gasteiger charge is -2.45. The maximum atomic E-state index is 6.11. The van der Waals surface area contributed by atoms with Gasteiger partial charge in [-0.2, -0.15) is 0 Å². The maximum Gasteiger partial charge on any atom is 0.0576 e. The van der Waals surface area contributed by atoms with Crippen LogP contribution in [0.2, 0.25) is 0 Å². The molecule has 1 fully saturated rings. The standard InChI is InChI=1S/C17H28N2/c1-12-6-7-15(14(18)8-12)19-13-9-16(2,3)11-17(4,5)10-13/h6-8,13,19H,9-11,18H2,1-5H3. The summed E-state index contributed by atoms with van der Waals surface area (Å²) in [5, 5.41) is 3.66. The fraction of sp³-hybridized carbons (Fsp3) is 0.647. The highest BCUT2D eigenvalue weighted by Gasteiger charge is 2.38. The number of benzene rings is 1. The number of hydrogen-bond donors (Lipinski definition) is 2. The van der Waals surface area contributed by atoms with Gasteiger partial charge in [0.15, 0.2) is 0 Å². The quantitative estimate of drug-likeness (QED) is 0.763. The zero-order valence-electron chi connectivity index (χ0n) is 13.0. The molecule has 1 aliphatic carbocycles. The second-order valence-electron chi connectivity index (χ2n) is 7.85. The summed E-state index contributed by atoms with van der Waals surface area (Å²) < 4.78 is 0. The summed E-state index contributed by atoms with van der Waals surface area (Å²) in [6.07, 6.45) is 3.72. The van der Waals surface area contributed by atoms with E-state index in [9.17, 15) is 0 Å². The molecule has 106 valence electrons. The van der Waals surface area contributed by atoms with Crippen LogP contribution >= 0.6 is 0 Å². The van der Waals surface area contributed by atoms with E-state index in [-0.39, 0.29) is 0 Å². The van der Waals surface area contributed by atoms with E-state index in [0.29, 0.717) is 16.9 Å². The number of nitrogen functional groups attached to an aromatic ring is 1. The molecule has 2 rings (SSSR count). The molecule has 3 N–H and O–H groups in total. The molecule has 2 nitrogen and oxygen atoms in total. The van der Waals surface area contributed by atoms with Gasteiger partial charge >= 0.3 is 0 Å². The van der Waals surface area contributed by atoms with E-state index in [0.717, 1.165) is 11.4 Å². The Morgan fingerprint density at radius 3 is 2.21 bits per heavy atom. The molecule has 0 saturated heterocycles. The van der Waals surface area contributed by atoms with Gasteiger partial charge in [-0.25, -0.2) is 0 Å². The first-order chi connectivity index (χ1) is 8.67. The normalized spacial score (nSPS) is 22.2. The van der Waals surface area contributed by atoms with E-state index in [2.05, 4.69) is 52.1 Å². The molecule has 0 amide bonds. The minimum Gasteiger partial charge on any atom is -0.397 e. The Morgan fingerprint density at radius 1 is 1.11 bits per heavy atom. The van der Waals surface area contributed by atoms with E-state index >= 15 is 0 Å². The molecule has 0 unspecified atom stereocenters. The molecule has 19 heavy (non-hydrogen) atoms. The van der Waals surface area contributed by atoms with Crippen LogP contribution in [-0.4, -0.2) is 6.04 Å². The van der Waals surface area contributed by atoms with Crippen LogP contribution in [0.5, 0.6) is 0 Å². The summed E-state index contributed by atoms with van der Waals surface area (Å²) in [7, 11) is 0. The van der Waals surface area contributed by atoms with Crippen LogP contribution in [0.4, 0.5) is 11.4 Å². The third kappa shape index (κ3) is 3.65. The van der Waals surface area contributed by atoms with Gasteiger partial charge in [-0.15, -0.1) is 0 Å². The second kappa shape index (κ2) is 4.73. The molecule has 0 spiro atoms. The van der Waals surface area contributed by atoms with Gasteiger partial charge in [0, 0.05) is 6.04 Å². The van der Waals surface area contributed by atoms with Gasteiger partial charge in [-0.3, -0.25) is 0 Å². The van der Waals surface area contributed by atoms with Gasteiger partial charge in [0.05, 0.1) is 11.4 Å². The van der Waals surface area contributed by atoms with Crippen molar-refractivity contribution in [3.05, 3.63) is 23.8 Å². The summed E-state index contributed by atoms with van der Waals surface area (Å²) >= 11 is 0. The number of hydrogen-bond acceptors (Lipinski definition) is 2. The highest BCUT2D eigenvalue weighted by Crippen LogP contribution is 2.46. The molecular formula is C17H28N2. The Kier molecular flexibility index (Phi) is 3.55. The Hall–Kier alpha value is -1.18. The Balaban J connectivity index is 2.14. The van der Waals surface area contributed by atoms with Gasteiger partial charge in [0.2, 0.25) is 0 Å². The molecule has 1 aromatic rings. The molecule has 0 aromatic heterocycles. The Bertz CT molecular complexity index is 444. The van der Waals surface area contributed by atoms with Crippen molar-refractivity contribution in [2.75, 3.05) is 11.1 Å². The molecule has 0 radical (unpaired) electrons. The largest absolute Gasteiger partial charge is 0.397 e. The summed E-state index contributed by atoms with van der Waals surface area (Å²) in [5.41, 5.74) is 10.1. The lowest BCUT2D eigenvalue weighted by atomic mass is 9.63. The minimum absolute atomic E-state index is 0.402. The van der Waals surface area contributed by atoms with Crippen LogP contribution in [-0.2, 0) is 0 Å². The molecule has 0 bridgehead atoms. The van der Waals surface area contributed by atoms with Crippen LogP contribution in [0, 0.1) is 17.8 Å². The highest BCUT2D eigenvalue weighted by molar-refractivity contribution is 5.67. The molecule has 1 saturated carbocycles. The average Bonchev–Trinajstić information content (AvgIpc) is 2.17. The van der Waals surface area contributed by atoms with Crippen LogP contribution in [0.15, 0.2) is 18.2 Å². The third-order valence-corrected chi connectivity index (χ3v) is 4.12.